The van der Waals surface area contributed by atoms with Gasteiger partial charge in [0.1, 0.15) is 5.75 Å². The van der Waals surface area contributed by atoms with E-state index in [0.29, 0.717) is 24.5 Å². The first kappa shape index (κ1) is 19.7. The van der Waals surface area contributed by atoms with Crippen LogP contribution in [0, 0.1) is 0 Å². The number of hydroxylamine groups is 1. The van der Waals surface area contributed by atoms with Crippen molar-refractivity contribution in [2.45, 2.75) is 13.0 Å². The minimum absolute atomic E-state index is 0.181. The first-order valence-corrected chi connectivity index (χ1v) is 9.26. The van der Waals surface area contributed by atoms with Crippen molar-refractivity contribution in [2.24, 2.45) is 0 Å². The van der Waals surface area contributed by atoms with Gasteiger partial charge in [0, 0.05) is 13.1 Å². The standard InChI is InChI=1S/C16H18N2O3S.CH3NO2/c1-21-16-8-6-15(7-9-16)17-22(19,20)18-11-10-13-4-2-3-5-14(13)12-18;3-1-2-4/h2-9,17H,10-12H2,1H3;1,4H,(H,2,3). The molecule has 0 aliphatic carbocycles. The van der Waals surface area contributed by atoms with Crippen LogP contribution in [0.5, 0.6) is 5.75 Å². The highest BCUT2D eigenvalue weighted by molar-refractivity contribution is 7.90. The number of ether oxygens (including phenoxy) is 1. The van der Waals surface area contributed by atoms with E-state index in [0.717, 1.165) is 12.0 Å². The molecule has 0 aromatic heterocycles. The average molecular weight is 379 g/mol. The number of methoxy groups -OCH3 is 1. The summed E-state index contributed by atoms with van der Waals surface area (Å²) in [5.74, 6) is 0.690. The minimum Gasteiger partial charge on any atom is -0.497 e. The summed E-state index contributed by atoms with van der Waals surface area (Å²) >= 11 is 0. The van der Waals surface area contributed by atoms with Crippen molar-refractivity contribution in [2.75, 3.05) is 18.4 Å². The van der Waals surface area contributed by atoms with Gasteiger partial charge < -0.3 is 4.74 Å². The number of nitrogens with one attached hydrogen (secondary N) is 2. The third kappa shape index (κ3) is 5.19. The Bertz CT molecular complexity index is 825. The molecule has 3 N–H and O–H groups in total. The third-order valence-electron chi connectivity index (χ3n) is 3.83. The predicted octanol–water partition coefficient (Wildman–Crippen LogP) is 1.53. The van der Waals surface area contributed by atoms with Crippen LogP contribution in [-0.4, -0.2) is 38.0 Å². The van der Waals surface area contributed by atoms with Crippen molar-refractivity contribution >= 4 is 22.3 Å². The van der Waals surface area contributed by atoms with Gasteiger partial charge in [-0.25, -0.2) is 5.48 Å². The Morgan fingerprint density at radius 1 is 1.12 bits per heavy atom. The van der Waals surface area contributed by atoms with E-state index in [1.165, 1.54) is 15.3 Å². The van der Waals surface area contributed by atoms with Gasteiger partial charge in [-0.2, -0.15) is 12.7 Å². The molecule has 0 saturated carbocycles. The summed E-state index contributed by atoms with van der Waals surface area (Å²) in [5.41, 5.74) is 4.06. The number of carbonyl (C=O) groups excluding carboxylic acids is 1. The van der Waals surface area contributed by atoms with Crippen molar-refractivity contribution in [1.29, 1.82) is 0 Å². The molecule has 2 aromatic rings. The number of rotatable bonds is 5. The Morgan fingerprint density at radius 3 is 2.31 bits per heavy atom. The molecule has 1 heterocycles. The molecule has 1 aliphatic rings. The van der Waals surface area contributed by atoms with Crippen molar-refractivity contribution < 1.29 is 23.2 Å². The summed E-state index contributed by atoms with van der Waals surface area (Å²) in [6.45, 7) is 0.893. The highest BCUT2D eigenvalue weighted by atomic mass is 32.2. The van der Waals surface area contributed by atoms with Gasteiger partial charge >= 0.3 is 10.2 Å². The largest absolute Gasteiger partial charge is 0.497 e. The van der Waals surface area contributed by atoms with Crippen LogP contribution in [-0.2, 0) is 28.0 Å². The summed E-state index contributed by atoms with van der Waals surface area (Å²) in [4.78, 5) is 8.81. The van der Waals surface area contributed by atoms with E-state index in [4.69, 9.17) is 14.7 Å². The fourth-order valence-corrected chi connectivity index (χ4v) is 3.75. The zero-order valence-corrected chi connectivity index (χ0v) is 15.1. The molecule has 8 nitrogen and oxygen atoms in total. The van der Waals surface area contributed by atoms with Crippen molar-refractivity contribution in [3.63, 3.8) is 0 Å². The number of nitrogens with zero attached hydrogens (tertiary/aromatic N) is 1. The molecular formula is C17H21N3O5S. The van der Waals surface area contributed by atoms with E-state index in [1.54, 1.807) is 31.4 Å². The maximum Gasteiger partial charge on any atom is 0.301 e. The monoisotopic (exact) mass is 379 g/mol. The van der Waals surface area contributed by atoms with Crippen LogP contribution in [0.15, 0.2) is 48.5 Å². The highest BCUT2D eigenvalue weighted by Crippen LogP contribution is 2.23. The number of benzene rings is 2. The molecule has 26 heavy (non-hydrogen) atoms. The number of anilines is 1. The smallest absolute Gasteiger partial charge is 0.301 e. The molecular weight excluding hydrogens is 358 g/mol. The second-order valence-corrected chi connectivity index (χ2v) is 7.11. The van der Waals surface area contributed by atoms with Gasteiger partial charge in [0.05, 0.1) is 12.8 Å². The SMILES string of the molecule is COc1ccc(NS(=O)(=O)N2CCc3ccccc3C2)cc1.O=CNO. The van der Waals surface area contributed by atoms with Crippen LogP contribution in [0.4, 0.5) is 5.69 Å². The van der Waals surface area contributed by atoms with Gasteiger partial charge in [0.15, 0.2) is 0 Å². The number of amides is 1. The van der Waals surface area contributed by atoms with E-state index in [2.05, 4.69) is 10.8 Å². The van der Waals surface area contributed by atoms with Gasteiger partial charge in [-0.3, -0.25) is 14.7 Å². The Morgan fingerprint density at radius 2 is 1.73 bits per heavy atom. The van der Waals surface area contributed by atoms with E-state index in [-0.39, 0.29) is 6.41 Å². The Balaban J connectivity index is 0.000000552. The topological polar surface area (TPSA) is 108 Å². The minimum atomic E-state index is -3.56. The molecule has 9 heteroatoms. The lowest BCUT2D eigenvalue weighted by atomic mass is 10.0. The van der Waals surface area contributed by atoms with E-state index < -0.39 is 10.2 Å². The maximum atomic E-state index is 12.5. The molecule has 0 unspecified atom stereocenters. The van der Waals surface area contributed by atoms with Crippen molar-refractivity contribution in [3.05, 3.63) is 59.7 Å². The van der Waals surface area contributed by atoms with Gasteiger partial charge in [-0.1, -0.05) is 24.3 Å². The second-order valence-electron chi connectivity index (χ2n) is 5.43. The van der Waals surface area contributed by atoms with Crippen LogP contribution in [0.1, 0.15) is 11.1 Å². The zero-order valence-electron chi connectivity index (χ0n) is 14.3. The quantitative estimate of drug-likeness (QED) is 0.415. The molecule has 3 rings (SSSR count). The predicted molar refractivity (Wildman–Crippen MR) is 97.1 cm³/mol. The molecule has 2 aromatic carbocycles. The van der Waals surface area contributed by atoms with Crippen molar-refractivity contribution in [3.8, 4) is 5.75 Å². The van der Waals surface area contributed by atoms with E-state index in [1.807, 2.05) is 18.2 Å². The Labute approximate surface area is 152 Å². The number of carbonyl (C=O) groups is 1. The molecule has 0 saturated heterocycles. The summed E-state index contributed by atoms with van der Waals surface area (Å²) in [6, 6.07) is 14.8. The van der Waals surface area contributed by atoms with Crippen LogP contribution in [0.25, 0.3) is 0 Å². The fraction of sp³-hybridized carbons (Fsp3) is 0.235. The zero-order chi connectivity index (χ0) is 19.0. The maximum absolute atomic E-state index is 12.5. The number of hydrogen-bond acceptors (Lipinski definition) is 5. The molecule has 1 amide bonds. The van der Waals surface area contributed by atoms with Crippen LogP contribution in [0.3, 0.4) is 0 Å². The number of fused-ring (bicyclic) bond motifs is 1. The molecule has 0 atom stereocenters. The lowest BCUT2D eigenvalue weighted by Gasteiger charge is -2.28. The van der Waals surface area contributed by atoms with Crippen LogP contribution in [0.2, 0.25) is 0 Å². The highest BCUT2D eigenvalue weighted by Gasteiger charge is 2.26. The van der Waals surface area contributed by atoms with Crippen LogP contribution >= 0.6 is 0 Å². The van der Waals surface area contributed by atoms with E-state index >= 15 is 0 Å². The van der Waals surface area contributed by atoms with Gasteiger partial charge in [0.25, 0.3) is 0 Å². The third-order valence-corrected chi connectivity index (χ3v) is 5.31. The van der Waals surface area contributed by atoms with Crippen LogP contribution < -0.4 is 14.9 Å². The number of hydrogen-bond donors (Lipinski definition) is 3. The summed E-state index contributed by atoms with van der Waals surface area (Å²) in [5, 5.41) is 7.26. The molecule has 0 fully saturated rings. The first-order chi connectivity index (χ1) is 12.5. The molecule has 1 aliphatic heterocycles. The molecule has 0 spiro atoms. The normalized spacial score (nSPS) is 13.6. The summed E-state index contributed by atoms with van der Waals surface area (Å²) < 4.78 is 34.2. The summed E-state index contributed by atoms with van der Waals surface area (Å²) in [6.07, 6.45) is 0.916. The Hall–Kier alpha value is -2.62. The fourth-order valence-electron chi connectivity index (χ4n) is 2.55. The molecule has 0 radical (unpaired) electrons. The first-order valence-electron chi connectivity index (χ1n) is 7.82. The lowest BCUT2D eigenvalue weighted by molar-refractivity contribution is -0.116. The summed E-state index contributed by atoms with van der Waals surface area (Å²) in [7, 11) is -1.98. The van der Waals surface area contributed by atoms with Gasteiger partial charge in [0.2, 0.25) is 6.41 Å². The average Bonchev–Trinajstić information content (AvgIpc) is 2.68. The van der Waals surface area contributed by atoms with Crippen molar-refractivity contribution in [1.82, 2.24) is 9.79 Å². The van der Waals surface area contributed by atoms with E-state index in [9.17, 15) is 8.42 Å². The second kappa shape index (κ2) is 9.18. The lowest BCUT2D eigenvalue weighted by Crippen LogP contribution is -2.39. The van der Waals surface area contributed by atoms with Gasteiger partial charge in [-0.15, -0.1) is 0 Å². The molecule has 0 bridgehead atoms. The Kier molecular flexibility index (Phi) is 6.96. The molecule has 140 valence electrons. The van der Waals surface area contributed by atoms with Gasteiger partial charge in [-0.05, 0) is 41.8 Å².